The average molecular weight is 272 g/mol. The second-order valence-electron chi connectivity index (χ2n) is 4.54. The number of pyridine rings is 1. The first-order valence-electron chi connectivity index (χ1n) is 6.64. The Morgan fingerprint density at radius 1 is 1.21 bits per heavy atom. The van der Waals surface area contributed by atoms with Gasteiger partial charge in [-0.2, -0.15) is 0 Å². The quantitative estimate of drug-likeness (QED) is 0.882. The van der Waals surface area contributed by atoms with Gasteiger partial charge in [0.2, 0.25) is 0 Å². The molecule has 1 unspecified atom stereocenters. The van der Waals surface area contributed by atoms with Crippen molar-refractivity contribution in [1.82, 2.24) is 10.3 Å². The SMILES string of the molecule is CCNC(C)c1cccnc1Sc1ccccc1C. The summed E-state index contributed by atoms with van der Waals surface area (Å²) in [5.74, 6) is 0. The minimum absolute atomic E-state index is 0.324. The van der Waals surface area contributed by atoms with Crippen LogP contribution in [0.1, 0.15) is 31.0 Å². The van der Waals surface area contributed by atoms with Gasteiger partial charge in [0.15, 0.2) is 0 Å². The lowest BCUT2D eigenvalue weighted by atomic mass is 10.1. The lowest BCUT2D eigenvalue weighted by Gasteiger charge is -2.16. The molecule has 1 aromatic heterocycles. The lowest BCUT2D eigenvalue weighted by molar-refractivity contribution is 0.585. The molecule has 1 N–H and O–H groups in total. The number of aromatic nitrogens is 1. The Morgan fingerprint density at radius 2 is 2.00 bits per heavy atom. The summed E-state index contributed by atoms with van der Waals surface area (Å²) in [5.41, 5.74) is 2.55. The van der Waals surface area contributed by atoms with Crippen LogP contribution >= 0.6 is 11.8 Å². The summed E-state index contributed by atoms with van der Waals surface area (Å²) in [4.78, 5) is 5.81. The first-order valence-corrected chi connectivity index (χ1v) is 7.45. The van der Waals surface area contributed by atoms with Crippen molar-refractivity contribution in [2.24, 2.45) is 0 Å². The number of aryl methyl sites for hydroxylation is 1. The van der Waals surface area contributed by atoms with Crippen LogP contribution in [0.4, 0.5) is 0 Å². The molecule has 0 saturated heterocycles. The molecule has 0 amide bonds. The van der Waals surface area contributed by atoms with Gasteiger partial charge >= 0.3 is 0 Å². The van der Waals surface area contributed by atoms with Gasteiger partial charge in [-0.05, 0) is 38.1 Å². The highest BCUT2D eigenvalue weighted by molar-refractivity contribution is 7.99. The lowest BCUT2D eigenvalue weighted by Crippen LogP contribution is -2.18. The fraction of sp³-hybridized carbons (Fsp3) is 0.312. The van der Waals surface area contributed by atoms with Crippen LogP contribution in [0.2, 0.25) is 0 Å². The van der Waals surface area contributed by atoms with Crippen LogP contribution < -0.4 is 5.32 Å². The van der Waals surface area contributed by atoms with Gasteiger partial charge in [0.05, 0.1) is 0 Å². The van der Waals surface area contributed by atoms with Gasteiger partial charge in [0.25, 0.3) is 0 Å². The Hall–Kier alpha value is -1.32. The molecule has 1 heterocycles. The highest BCUT2D eigenvalue weighted by Gasteiger charge is 2.12. The molecule has 0 saturated carbocycles. The summed E-state index contributed by atoms with van der Waals surface area (Å²) in [5, 5.41) is 4.54. The predicted octanol–water partition coefficient (Wildman–Crippen LogP) is 4.21. The molecule has 0 spiro atoms. The van der Waals surface area contributed by atoms with E-state index in [-0.39, 0.29) is 0 Å². The Kier molecular flexibility index (Phi) is 5.00. The van der Waals surface area contributed by atoms with E-state index in [9.17, 15) is 0 Å². The molecule has 0 fully saturated rings. The van der Waals surface area contributed by atoms with Crippen LogP contribution in [0, 0.1) is 6.92 Å². The van der Waals surface area contributed by atoms with Crippen molar-refractivity contribution in [3.8, 4) is 0 Å². The molecule has 1 aromatic carbocycles. The monoisotopic (exact) mass is 272 g/mol. The molecule has 2 rings (SSSR count). The van der Waals surface area contributed by atoms with E-state index in [2.05, 4.69) is 61.4 Å². The fourth-order valence-electron chi connectivity index (χ4n) is 2.01. The summed E-state index contributed by atoms with van der Waals surface area (Å²) in [6.45, 7) is 7.41. The Balaban J connectivity index is 2.28. The molecular weight excluding hydrogens is 252 g/mol. The normalized spacial score (nSPS) is 12.4. The predicted molar refractivity (Wildman–Crippen MR) is 81.6 cm³/mol. The first-order chi connectivity index (χ1) is 9.22. The molecule has 0 bridgehead atoms. The molecule has 0 aliphatic rings. The fourth-order valence-corrected chi connectivity index (χ4v) is 3.07. The largest absolute Gasteiger partial charge is 0.310 e. The molecule has 3 heteroatoms. The van der Waals surface area contributed by atoms with Crippen molar-refractivity contribution < 1.29 is 0 Å². The molecule has 2 nitrogen and oxygen atoms in total. The van der Waals surface area contributed by atoms with Gasteiger partial charge in [-0.3, -0.25) is 0 Å². The standard InChI is InChI=1S/C16H20N2S/c1-4-17-13(3)14-9-7-11-18-16(14)19-15-10-6-5-8-12(15)2/h5-11,13,17H,4H2,1-3H3. The minimum atomic E-state index is 0.324. The molecule has 0 aliphatic carbocycles. The molecule has 2 aromatic rings. The second kappa shape index (κ2) is 6.73. The van der Waals surface area contributed by atoms with Crippen LogP contribution in [0.15, 0.2) is 52.5 Å². The zero-order chi connectivity index (χ0) is 13.7. The van der Waals surface area contributed by atoms with Crippen LogP contribution in [-0.2, 0) is 0 Å². The number of benzene rings is 1. The van der Waals surface area contributed by atoms with Gasteiger partial charge in [-0.25, -0.2) is 4.98 Å². The number of nitrogens with zero attached hydrogens (tertiary/aromatic N) is 1. The van der Waals surface area contributed by atoms with Gasteiger partial charge in [0.1, 0.15) is 5.03 Å². The summed E-state index contributed by atoms with van der Waals surface area (Å²) in [6.07, 6.45) is 1.86. The summed E-state index contributed by atoms with van der Waals surface area (Å²) < 4.78 is 0. The zero-order valence-corrected chi connectivity index (χ0v) is 12.5. The average Bonchev–Trinajstić information content (AvgIpc) is 2.42. The third-order valence-corrected chi connectivity index (χ3v) is 4.29. The van der Waals surface area contributed by atoms with E-state index in [0.29, 0.717) is 6.04 Å². The van der Waals surface area contributed by atoms with Crippen LogP contribution in [0.25, 0.3) is 0 Å². The van der Waals surface area contributed by atoms with Crippen LogP contribution in [0.3, 0.4) is 0 Å². The molecule has 19 heavy (non-hydrogen) atoms. The molecule has 100 valence electrons. The third kappa shape index (κ3) is 3.58. The number of hydrogen-bond acceptors (Lipinski definition) is 3. The van der Waals surface area contributed by atoms with Crippen LogP contribution in [-0.4, -0.2) is 11.5 Å². The van der Waals surface area contributed by atoms with E-state index in [1.165, 1.54) is 16.0 Å². The van der Waals surface area contributed by atoms with E-state index in [0.717, 1.165) is 11.6 Å². The van der Waals surface area contributed by atoms with Crippen molar-refractivity contribution in [1.29, 1.82) is 0 Å². The van der Waals surface area contributed by atoms with Crippen LogP contribution in [0.5, 0.6) is 0 Å². The number of hydrogen-bond donors (Lipinski definition) is 1. The van der Waals surface area contributed by atoms with Crippen molar-refractivity contribution in [2.45, 2.75) is 36.7 Å². The number of nitrogens with one attached hydrogen (secondary N) is 1. The van der Waals surface area contributed by atoms with Crippen molar-refractivity contribution in [2.75, 3.05) is 6.54 Å². The van der Waals surface area contributed by atoms with Gasteiger partial charge in [-0.15, -0.1) is 0 Å². The molecule has 0 aliphatic heterocycles. The van der Waals surface area contributed by atoms with E-state index in [1.807, 2.05) is 12.3 Å². The Bertz CT molecular complexity index is 540. The smallest absolute Gasteiger partial charge is 0.105 e. The highest BCUT2D eigenvalue weighted by atomic mass is 32.2. The van der Waals surface area contributed by atoms with Gasteiger partial charge < -0.3 is 5.32 Å². The molecule has 1 atom stereocenters. The maximum Gasteiger partial charge on any atom is 0.105 e. The van der Waals surface area contributed by atoms with E-state index in [4.69, 9.17) is 0 Å². The summed E-state index contributed by atoms with van der Waals surface area (Å²) in [7, 11) is 0. The Labute approximate surface area is 119 Å². The summed E-state index contributed by atoms with van der Waals surface area (Å²) in [6, 6.07) is 12.9. The zero-order valence-electron chi connectivity index (χ0n) is 11.7. The maximum absolute atomic E-state index is 4.54. The molecule has 0 radical (unpaired) electrons. The third-order valence-electron chi connectivity index (χ3n) is 3.08. The maximum atomic E-state index is 4.54. The topological polar surface area (TPSA) is 24.9 Å². The van der Waals surface area contributed by atoms with E-state index in [1.54, 1.807) is 11.8 Å². The van der Waals surface area contributed by atoms with E-state index >= 15 is 0 Å². The summed E-state index contributed by atoms with van der Waals surface area (Å²) >= 11 is 1.74. The van der Waals surface area contributed by atoms with Gasteiger partial charge in [0, 0.05) is 22.7 Å². The minimum Gasteiger partial charge on any atom is -0.310 e. The van der Waals surface area contributed by atoms with Crippen molar-refractivity contribution >= 4 is 11.8 Å². The highest BCUT2D eigenvalue weighted by Crippen LogP contribution is 2.33. The number of rotatable bonds is 5. The second-order valence-corrected chi connectivity index (χ2v) is 5.58. The van der Waals surface area contributed by atoms with Crippen molar-refractivity contribution in [3.63, 3.8) is 0 Å². The van der Waals surface area contributed by atoms with E-state index < -0.39 is 0 Å². The Morgan fingerprint density at radius 3 is 2.74 bits per heavy atom. The van der Waals surface area contributed by atoms with Crippen molar-refractivity contribution in [3.05, 3.63) is 53.7 Å². The first kappa shape index (κ1) is 14.1. The van der Waals surface area contributed by atoms with Gasteiger partial charge in [-0.1, -0.05) is 43.0 Å². The molecular formula is C16H20N2S.